The predicted molar refractivity (Wildman–Crippen MR) is 76.4 cm³/mol. The van der Waals surface area contributed by atoms with Gasteiger partial charge in [0.1, 0.15) is 22.8 Å². The molecule has 1 heterocycles. The van der Waals surface area contributed by atoms with Crippen LogP contribution in [0.4, 0.5) is 0 Å². The molecular formula is C16H20O5. The van der Waals surface area contributed by atoms with E-state index in [4.69, 9.17) is 4.74 Å². The topological polar surface area (TPSA) is 83.8 Å². The fourth-order valence-electron chi connectivity index (χ4n) is 2.59. The number of carbonyl (C=O) groups is 2. The molecule has 1 aromatic carbocycles. The first-order chi connectivity index (χ1) is 9.97. The Morgan fingerprint density at radius 1 is 1.10 bits per heavy atom. The number of phenolic OH excluding ortho intramolecular Hbond substituents is 2. The molecule has 0 bridgehead atoms. The fourth-order valence-corrected chi connectivity index (χ4v) is 2.59. The van der Waals surface area contributed by atoms with Crippen molar-refractivity contribution in [2.75, 3.05) is 0 Å². The second kappa shape index (κ2) is 6.61. The average molecular weight is 292 g/mol. The summed E-state index contributed by atoms with van der Waals surface area (Å²) in [6, 6.07) is 2.57. The monoisotopic (exact) mass is 292 g/mol. The molecule has 0 spiro atoms. The van der Waals surface area contributed by atoms with Gasteiger partial charge in [-0.15, -0.1) is 0 Å². The zero-order valence-corrected chi connectivity index (χ0v) is 12.1. The summed E-state index contributed by atoms with van der Waals surface area (Å²) < 4.78 is 5.31. The van der Waals surface area contributed by atoms with E-state index in [1.54, 1.807) is 6.92 Å². The normalized spacial score (nSPS) is 20.9. The van der Waals surface area contributed by atoms with E-state index < -0.39 is 5.97 Å². The standard InChI is InChI=1S/C16H20O5/c1-10-4-2-6-12(17)7-3-5-11-8-13(18)9-14(19)15(11)16(20)21-10/h8-10,18-19H,2-7H2,1H3/t10-/m1/s1. The van der Waals surface area contributed by atoms with Gasteiger partial charge in [0.05, 0.1) is 6.10 Å². The third-order valence-corrected chi connectivity index (χ3v) is 3.66. The molecule has 21 heavy (non-hydrogen) atoms. The van der Waals surface area contributed by atoms with Crippen LogP contribution < -0.4 is 0 Å². The SMILES string of the molecule is C[C@@H]1CCCC(=O)CCCc2cc(O)cc(O)c2C(=O)O1. The number of aryl methyl sites for hydroxylation is 1. The van der Waals surface area contributed by atoms with Gasteiger partial charge in [0, 0.05) is 18.9 Å². The van der Waals surface area contributed by atoms with Crippen molar-refractivity contribution in [2.24, 2.45) is 0 Å². The summed E-state index contributed by atoms with van der Waals surface area (Å²) in [7, 11) is 0. The molecule has 0 fully saturated rings. The van der Waals surface area contributed by atoms with Crippen molar-refractivity contribution >= 4 is 11.8 Å². The van der Waals surface area contributed by atoms with Gasteiger partial charge in [-0.3, -0.25) is 4.79 Å². The van der Waals surface area contributed by atoms with Crippen LogP contribution in [0, 0.1) is 0 Å². The highest BCUT2D eigenvalue weighted by atomic mass is 16.5. The number of fused-ring (bicyclic) bond motifs is 1. The van der Waals surface area contributed by atoms with E-state index >= 15 is 0 Å². The van der Waals surface area contributed by atoms with Crippen molar-refractivity contribution < 1.29 is 24.5 Å². The number of benzene rings is 1. The van der Waals surface area contributed by atoms with E-state index in [9.17, 15) is 19.8 Å². The third-order valence-electron chi connectivity index (χ3n) is 3.66. The average Bonchev–Trinajstić information content (AvgIpc) is 2.36. The third kappa shape index (κ3) is 3.97. The molecule has 2 N–H and O–H groups in total. The first kappa shape index (κ1) is 15.4. The number of hydrogen-bond acceptors (Lipinski definition) is 5. The van der Waals surface area contributed by atoms with Crippen LogP contribution in [-0.4, -0.2) is 28.1 Å². The lowest BCUT2D eigenvalue weighted by Crippen LogP contribution is -2.18. The van der Waals surface area contributed by atoms with Crippen LogP contribution in [0.25, 0.3) is 0 Å². The molecule has 0 saturated heterocycles. The lowest BCUT2D eigenvalue weighted by molar-refractivity contribution is -0.119. The van der Waals surface area contributed by atoms with Crippen LogP contribution in [0.15, 0.2) is 12.1 Å². The van der Waals surface area contributed by atoms with Crippen LogP contribution in [0.2, 0.25) is 0 Å². The van der Waals surface area contributed by atoms with Crippen LogP contribution >= 0.6 is 0 Å². The van der Waals surface area contributed by atoms with Gasteiger partial charge in [0.15, 0.2) is 0 Å². The van der Waals surface area contributed by atoms with Crippen molar-refractivity contribution in [1.82, 2.24) is 0 Å². The van der Waals surface area contributed by atoms with E-state index in [2.05, 4.69) is 0 Å². The van der Waals surface area contributed by atoms with Crippen molar-refractivity contribution in [3.63, 3.8) is 0 Å². The van der Waals surface area contributed by atoms with Gasteiger partial charge in [0.2, 0.25) is 0 Å². The molecule has 0 saturated carbocycles. The molecule has 1 atom stereocenters. The number of phenols is 2. The van der Waals surface area contributed by atoms with E-state index in [-0.39, 0.29) is 28.9 Å². The number of ether oxygens (including phenoxy) is 1. The smallest absolute Gasteiger partial charge is 0.342 e. The summed E-state index contributed by atoms with van der Waals surface area (Å²) in [6.07, 6.45) is 2.96. The van der Waals surface area contributed by atoms with Gasteiger partial charge >= 0.3 is 5.97 Å². The van der Waals surface area contributed by atoms with E-state index in [0.717, 1.165) is 6.07 Å². The van der Waals surface area contributed by atoms with Crippen molar-refractivity contribution in [2.45, 2.75) is 51.6 Å². The second-order valence-electron chi connectivity index (χ2n) is 5.50. The molecule has 1 aliphatic heterocycles. The summed E-state index contributed by atoms with van der Waals surface area (Å²) in [4.78, 5) is 23.9. The highest BCUT2D eigenvalue weighted by Crippen LogP contribution is 2.30. The second-order valence-corrected chi connectivity index (χ2v) is 5.50. The zero-order chi connectivity index (χ0) is 15.4. The Kier molecular flexibility index (Phi) is 4.83. The number of ketones is 1. The van der Waals surface area contributed by atoms with Crippen LogP contribution in [0.1, 0.15) is 54.9 Å². The number of rotatable bonds is 0. The van der Waals surface area contributed by atoms with Gasteiger partial charge in [-0.25, -0.2) is 4.79 Å². The summed E-state index contributed by atoms with van der Waals surface area (Å²) in [5.74, 6) is -0.780. The van der Waals surface area contributed by atoms with Gasteiger partial charge in [-0.05, 0) is 44.2 Å². The molecule has 2 rings (SSSR count). The number of cyclic esters (lactones) is 1. The molecule has 114 valence electrons. The lowest BCUT2D eigenvalue weighted by Gasteiger charge is -2.17. The summed E-state index contributed by atoms with van der Waals surface area (Å²) >= 11 is 0. The van der Waals surface area contributed by atoms with Crippen molar-refractivity contribution in [3.05, 3.63) is 23.3 Å². The molecule has 1 aromatic rings. The Balaban J connectivity index is 2.33. The maximum Gasteiger partial charge on any atom is 0.342 e. The minimum atomic E-state index is -0.582. The molecule has 5 nitrogen and oxygen atoms in total. The van der Waals surface area contributed by atoms with E-state index in [0.29, 0.717) is 44.1 Å². The molecule has 0 unspecified atom stereocenters. The Morgan fingerprint density at radius 3 is 2.57 bits per heavy atom. The molecule has 1 aliphatic rings. The largest absolute Gasteiger partial charge is 0.508 e. The minimum Gasteiger partial charge on any atom is -0.508 e. The zero-order valence-electron chi connectivity index (χ0n) is 12.1. The van der Waals surface area contributed by atoms with Gasteiger partial charge < -0.3 is 14.9 Å². The number of Topliss-reactive ketones (excluding diaryl/α,β-unsaturated/α-hetero) is 1. The van der Waals surface area contributed by atoms with Crippen molar-refractivity contribution in [1.29, 1.82) is 0 Å². The predicted octanol–water partition coefficient (Wildman–Crippen LogP) is 2.72. The highest BCUT2D eigenvalue weighted by molar-refractivity contribution is 5.94. The number of carbonyl (C=O) groups excluding carboxylic acids is 2. The lowest BCUT2D eigenvalue weighted by atomic mass is 9.98. The quantitative estimate of drug-likeness (QED) is 0.718. The van der Waals surface area contributed by atoms with E-state index in [1.807, 2.05) is 0 Å². The van der Waals surface area contributed by atoms with Crippen LogP contribution in [0.5, 0.6) is 11.5 Å². The summed E-state index contributed by atoms with van der Waals surface area (Å²) in [5, 5.41) is 19.5. The molecule has 5 heteroatoms. The van der Waals surface area contributed by atoms with Crippen molar-refractivity contribution in [3.8, 4) is 11.5 Å². The van der Waals surface area contributed by atoms with Crippen LogP contribution in [-0.2, 0) is 16.0 Å². The molecule has 0 aliphatic carbocycles. The summed E-state index contributed by atoms with van der Waals surface area (Å²) in [5.41, 5.74) is 0.603. The minimum absolute atomic E-state index is 0.0904. The first-order valence-corrected chi connectivity index (χ1v) is 7.25. The molecule has 0 aromatic heterocycles. The first-order valence-electron chi connectivity index (χ1n) is 7.25. The molecule has 0 radical (unpaired) electrons. The highest BCUT2D eigenvalue weighted by Gasteiger charge is 2.22. The molecule has 0 amide bonds. The Hall–Kier alpha value is -2.04. The van der Waals surface area contributed by atoms with Crippen LogP contribution in [0.3, 0.4) is 0 Å². The summed E-state index contributed by atoms with van der Waals surface area (Å²) in [6.45, 7) is 1.77. The van der Waals surface area contributed by atoms with Gasteiger partial charge in [0.25, 0.3) is 0 Å². The number of esters is 1. The van der Waals surface area contributed by atoms with Gasteiger partial charge in [-0.2, -0.15) is 0 Å². The number of aromatic hydroxyl groups is 2. The number of hydrogen-bond donors (Lipinski definition) is 2. The van der Waals surface area contributed by atoms with Gasteiger partial charge in [-0.1, -0.05) is 0 Å². The Morgan fingerprint density at radius 2 is 1.81 bits per heavy atom. The fraction of sp³-hybridized carbons (Fsp3) is 0.500. The molecular weight excluding hydrogens is 272 g/mol. The Labute approximate surface area is 123 Å². The Bertz CT molecular complexity index is 550. The maximum atomic E-state index is 12.2. The maximum absolute atomic E-state index is 12.2. The van der Waals surface area contributed by atoms with E-state index in [1.165, 1.54) is 6.07 Å².